The van der Waals surface area contributed by atoms with E-state index in [2.05, 4.69) is 45.0 Å². The molecule has 29 heavy (non-hydrogen) atoms. The molecule has 1 fully saturated rings. The van der Waals surface area contributed by atoms with Crippen LogP contribution in [0.2, 0.25) is 5.04 Å². The Hall–Kier alpha value is -1.54. The van der Waals surface area contributed by atoms with Crippen molar-refractivity contribution in [2.45, 2.75) is 56.6 Å². The summed E-state index contributed by atoms with van der Waals surface area (Å²) in [5.41, 5.74) is -1.54. The Morgan fingerprint density at radius 3 is 1.93 bits per heavy atom. The maximum Gasteiger partial charge on any atom is 0.261 e. The molecule has 0 saturated carbocycles. The first-order valence-electron chi connectivity index (χ1n) is 10.1. The quantitative estimate of drug-likeness (QED) is 0.643. The molecule has 4 atom stereocenters. The summed E-state index contributed by atoms with van der Waals surface area (Å²) in [6.07, 6.45) is -2.73. The third-order valence-electron chi connectivity index (χ3n) is 5.93. The highest BCUT2D eigenvalue weighted by Gasteiger charge is 2.57. The predicted octanol–water partition coefficient (Wildman–Crippen LogP) is 1.43. The molecular formula is C23H32O5Si. The van der Waals surface area contributed by atoms with Gasteiger partial charge < -0.3 is 24.5 Å². The Bertz CT molecular complexity index is 748. The topological polar surface area (TPSA) is 79.2 Å². The van der Waals surface area contributed by atoms with Crippen molar-refractivity contribution in [1.29, 1.82) is 0 Å². The van der Waals surface area contributed by atoms with Crippen molar-refractivity contribution in [1.82, 2.24) is 0 Å². The fourth-order valence-corrected chi connectivity index (χ4v) is 9.15. The molecule has 1 saturated heterocycles. The molecule has 2 aromatic rings. The van der Waals surface area contributed by atoms with Crippen molar-refractivity contribution in [2.24, 2.45) is 0 Å². The molecule has 3 N–H and O–H groups in total. The lowest BCUT2D eigenvalue weighted by Gasteiger charge is -2.51. The van der Waals surface area contributed by atoms with Crippen molar-refractivity contribution in [3.05, 3.63) is 60.7 Å². The fraction of sp³-hybridized carbons (Fsp3) is 0.478. The second-order valence-corrected chi connectivity index (χ2v) is 13.3. The van der Waals surface area contributed by atoms with Crippen molar-refractivity contribution in [2.75, 3.05) is 13.2 Å². The molecule has 0 bridgehead atoms. The van der Waals surface area contributed by atoms with Gasteiger partial charge in [-0.05, 0) is 22.3 Å². The lowest BCUT2D eigenvalue weighted by atomic mass is 9.87. The van der Waals surface area contributed by atoms with E-state index >= 15 is 0 Å². The highest BCUT2D eigenvalue weighted by atomic mass is 28.4. The third kappa shape index (κ3) is 3.93. The number of ether oxygens (including phenoxy) is 1. The van der Waals surface area contributed by atoms with E-state index in [0.29, 0.717) is 0 Å². The maximum atomic E-state index is 11.2. The number of rotatable bonds is 5. The molecule has 0 amide bonds. The predicted molar refractivity (Wildman–Crippen MR) is 116 cm³/mol. The minimum absolute atomic E-state index is 0.00421. The molecule has 1 aliphatic heterocycles. The monoisotopic (exact) mass is 416 g/mol. The summed E-state index contributed by atoms with van der Waals surface area (Å²) in [5.74, 6) is 0. The van der Waals surface area contributed by atoms with Crippen LogP contribution in [-0.4, -0.2) is 60.8 Å². The summed E-state index contributed by atoms with van der Waals surface area (Å²) in [6.45, 7) is 7.65. The fourth-order valence-electron chi connectivity index (χ4n) is 4.36. The Labute approximate surface area is 174 Å². The van der Waals surface area contributed by atoms with Crippen molar-refractivity contribution in [3.63, 3.8) is 0 Å². The summed E-state index contributed by atoms with van der Waals surface area (Å²) in [6, 6.07) is 20.2. The SMILES string of the molecule is CC(C)(C)[Si](O[C@H]1[C@H](O)CO[C@H](CO)[C@]1(C)O)(c1ccccc1)c1ccccc1. The van der Waals surface area contributed by atoms with E-state index in [0.717, 1.165) is 10.4 Å². The minimum atomic E-state index is -2.97. The molecule has 0 radical (unpaired) electrons. The zero-order chi connectivity index (χ0) is 21.3. The van der Waals surface area contributed by atoms with Crippen LogP contribution < -0.4 is 10.4 Å². The van der Waals surface area contributed by atoms with E-state index in [9.17, 15) is 15.3 Å². The van der Waals surface area contributed by atoms with E-state index in [-0.39, 0.29) is 18.3 Å². The molecule has 2 aromatic carbocycles. The van der Waals surface area contributed by atoms with Crippen LogP contribution in [0.3, 0.4) is 0 Å². The molecule has 0 aliphatic carbocycles. The van der Waals surface area contributed by atoms with Crippen molar-refractivity contribution >= 4 is 18.7 Å². The van der Waals surface area contributed by atoms with E-state index < -0.39 is 32.2 Å². The smallest absolute Gasteiger partial charge is 0.261 e. The first kappa shape index (κ1) is 22.1. The molecule has 1 aliphatic rings. The Morgan fingerprint density at radius 1 is 1.03 bits per heavy atom. The molecular weight excluding hydrogens is 384 g/mol. The largest absolute Gasteiger partial charge is 0.399 e. The standard InChI is InChI=1S/C23H32O5Si/c1-22(2,3)29(17-11-7-5-8-12-17,18-13-9-6-10-14-18)28-21-19(25)16-27-20(15-24)23(21,4)26/h5-14,19-21,24-26H,15-16H2,1-4H3/t19-,20-,21+,23+/m1/s1. The first-order chi connectivity index (χ1) is 13.6. The van der Waals surface area contributed by atoms with Crippen LogP contribution in [0.5, 0.6) is 0 Å². The maximum absolute atomic E-state index is 11.2. The lowest BCUT2D eigenvalue weighted by molar-refractivity contribution is -0.236. The van der Waals surface area contributed by atoms with Gasteiger partial charge in [0.25, 0.3) is 8.32 Å². The van der Waals surface area contributed by atoms with E-state index in [1.54, 1.807) is 6.92 Å². The van der Waals surface area contributed by atoms with Gasteiger partial charge in [-0.25, -0.2) is 0 Å². The molecule has 6 heteroatoms. The zero-order valence-corrected chi connectivity index (χ0v) is 18.6. The summed E-state index contributed by atoms with van der Waals surface area (Å²) in [7, 11) is -2.97. The van der Waals surface area contributed by atoms with Crippen LogP contribution in [0.25, 0.3) is 0 Å². The number of aliphatic hydroxyl groups is 3. The normalized spacial score (nSPS) is 28.3. The number of hydrogen-bond acceptors (Lipinski definition) is 5. The van der Waals surface area contributed by atoms with Gasteiger partial charge in [-0.2, -0.15) is 0 Å². The van der Waals surface area contributed by atoms with Gasteiger partial charge in [0.15, 0.2) is 0 Å². The lowest BCUT2D eigenvalue weighted by Crippen LogP contribution is -2.73. The second kappa shape index (κ2) is 8.30. The number of benzene rings is 2. The zero-order valence-electron chi connectivity index (χ0n) is 17.6. The Morgan fingerprint density at radius 2 is 1.52 bits per heavy atom. The van der Waals surface area contributed by atoms with Crippen molar-refractivity contribution < 1.29 is 24.5 Å². The molecule has 3 rings (SSSR count). The molecule has 0 spiro atoms. The second-order valence-electron chi connectivity index (χ2n) is 9.00. The van der Waals surface area contributed by atoms with Gasteiger partial charge in [-0.15, -0.1) is 0 Å². The van der Waals surface area contributed by atoms with E-state index in [1.165, 1.54) is 0 Å². The van der Waals surface area contributed by atoms with Gasteiger partial charge in [-0.1, -0.05) is 81.4 Å². The highest BCUT2D eigenvalue weighted by molar-refractivity contribution is 6.99. The van der Waals surface area contributed by atoms with Crippen LogP contribution in [0.4, 0.5) is 0 Å². The summed E-state index contributed by atoms with van der Waals surface area (Å²) >= 11 is 0. The van der Waals surface area contributed by atoms with Crippen LogP contribution in [-0.2, 0) is 9.16 Å². The van der Waals surface area contributed by atoms with Crippen LogP contribution >= 0.6 is 0 Å². The average molecular weight is 417 g/mol. The number of aliphatic hydroxyl groups excluding tert-OH is 2. The van der Waals surface area contributed by atoms with E-state index in [1.807, 2.05) is 36.4 Å². The van der Waals surface area contributed by atoms with Gasteiger partial charge in [-0.3, -0.25) is 0 Å². The highest BCUT2D eigenvalue weighted by Crippen LogP contribution is 2.40. The molecule has 0 aromatic heterocycles. The Balaban J connectivity index is 2.21. The van der Waals surface area contributed by atoms with Gasteiger partial charge in [0.1, 0.15) is 23.9 Å². The molecule has 1 heterocycles. The first-order valence-corrected chi connectivity index (χ1v) is 12.0. The van der Waals surface area contributed by atoms with Gasteiger partial charge in [0, 0.05) is 0 Å². The molecule has 5 nitrogen and oxygen atoms in total. The van der Waals surface area contributed by atoms with Crippen LogP contribution in [0, 0.1) is 0 Å². The summed E-state index contributed by atoms with van der Waals surface area (Å²) in [4.78, 5) is 0. The van der Waals surface area contributed by atoms with Crippen molar-refractivity contribution in [3.8, 4) is 0 Å². The van der Waals surface area contributed by atoms with Gasteiger partial charge in [0.2, 0.25) is 0 Å². The minimum Gasteiger partial charge on any atom is -0.399 e. The van der Waals surface area contributed by atoms with E-state index in [4.69, 9.17) is 9.16 Å². The molecule has 158 valence electrons. The van der Waals surface area contributed by atoms with Gasteiger partial charge >= 0.3 is 0 Å². The molecule has 0 unspecified atom stereocenters. The third-order valence-corrected chi connectivity index (χ3v) is 10.9. The Kier molecular flexibility index (Phi) is 6.34. The van der Waals surface area contributed by atoms with Gasteiger partial charge in [0.05, 0.1) is 13.2 Å². The van der Waals surface area contributed by atoms with Crippen LogP contribution in [0.15, 0.2) is 60.7 Å². The van der Waals surface area contributed by atoms with Crippen LogP contribution in [0.1, 0.15) is 27.7 Å². The summed E-state index contributed by atoms with van der Waals surface area (Å²) < 4.78 is 12.4. The summed E-state index contributed by atoms with van der Waals surface area (Å²) in [5, 5.41) is 33.6. The number of hydrogen-bond donors (Lipinski definition) is 3. The average Bonchev–Trinajstić information content (AvgIpc) is 2.68.